The Kier molecular flexibility index (Phi) is 3.83. The molecule has 4 nitrogen and oxygen atoms in total. The highest BCUT2D eigenvalue weighted by molar-refractivity contribution is 5.12. The van der Waals surface area contributed by atoms with Crippen molar-refractivity contribution in [1.29, 1.82) is 0 Å². The van der Waals surface area contributed by atoms with Crippen molar-refractivity contribution in [1.82, 2.24) is 15.1 Å². The lowest BCUT2D eigenvalue weighted by Gasteiger charge is -2.14. The number of hydrogen-bond donors (Lipinski definition) is 1. The highest BCUT2D eigenvalue weighted by Gasteiger charge is 2.15. The molecule has 1 N–H and O–H groups in total. The van der Waals surface area contributed by atoms with Gasteiger partial charge in [-0.05, 0) is 33.2 Å². The summed E-state index contributed by atoms with van der Waals surface area (Å²) in [6.07, 6.45) is 7.79. The van der Waals surface area contributed by atoms with E-state index < -0.39 is 0 Å². The van der Waals surface area contributed by atoms with E-state index in [1.807, 2.05) is 30.9 Å². The molecule has 1 unspecified atom stereocenters. The first-order valence-corrected chi connectivity index (χ1v) is 6.17. The highest BCUT2D eigenvalue weighted by atomic mass is 16.5. The van der Waals surface area contributed by atoms with Crippen LogP contribution in [0.3, 0.4) is 0 Å². The normalized spacial score (nSPS) is 22.1. The summed E-state index contributed by atoms with van der Waals surface area (Å²) < 4.78 is 7.65. The molecule has 1 aromatic rings. The lowest BCUT2D eigenvalue weighted by molar-refractivity contribution is 0.241. The van der Waals surface area contributed by atoms with Crippen LogP contribution in [0.2, 0.25) is 0 Å². The highest BCUT2D eigenvalue weighted by Crippen LogP contribution is 2.19. The van der Waals surface area contributed by atoms with Crippen molar-refractivity contribution in [2.75, 3.05) is 13.1 Å². The molecule has 16 heavy (non-hydrogen) atoms. The summed E-state index contributed by atoms with van der Waals surface area (Å²) in [5.74, 6) is 0.874. The zero-order chi connectivity index (χ0) is 11.4. The predicted molar refractivity (Wildman–Crippen MR) is 63.7 cm³/mol. The van der Waals surface area contributed by atoms with E-state index >= 15 is 0 Å². The maximum atomic E-state index is 5.61. The summed E-state index contributed by atoms with van der Waals surface area (Å²) in [5.41, 5.74) is 0. The molecular weight excluding hydrogens is 202 g/mol. The van der Waals surface area contributed by atoms with Crippen LogP contribution in [0.25, 0.3) is 0 Å². The van der Waals surface area contributed by atoms with Gasteiger partial charge in [0.15, 0.2) is 5.75 Å². The van der Waals surface area contributed by atoms with Crippen molar-refractivity contribution < 1.29 is 4.74 Å². The molecule has 0 amide bonds. The third-order valence-electron chi connectivity index (χ3n) is 2.84. The van der Waals surface area contributed by atoms with Crippen molar-refractivity contribution in [3.05, 3.63) is 12.4 Å². The summed E-state index contributed by atoms with van der Waals surface area (Å²) in [5, 5.41) is 7.83. The van der Waals surface area contributed by atoms with Gasteiger partial charge < -0.3 is 10.1 Å². The Balaban J connectivity index is 1.99. The smallest absolute Gasteiger partial charge is 0.157 e. The van der Waals surface area contributed by atoms with Crippen molar-refractivity contribution in [3.63, 3.8) is 0 Å². The first-order chi connectivity index (χ1) is 7.75. The fourth-order valence-corrected chi connectivity index (χ4v) is 2.08. The van der Waals surface area contributed by atoms with E-state index in [-0.39, 0.29) is 6.10 Å². The lowest BCUT2D eigenvalue weighted by atomic mass is 10.1. The van der Waals surface area contributed by atoms with Gasteiger partial charge in [-0.25, -0.2) is 0 Å². The second-order valence-corrected chi connectivity index (χ2v) is 4.68. The fraction of sp³-hybridized carbons (Fsp3) is 0.750. The zero-order valence-electron chi connectivity index (χ0n) is 10.1. The molecule has 90 valence electrons. The molecule has 0 radical (unpaired) electrons. The van der Waals surface area contributed by atoms with Gasteiger partial charge in [0, 0.05) is 6.54 Å². The van der Waals surface area contributed by atoms with Crippen LogP contribution in [0.4, 0.5) is 0 Å². The third-order valence-corrected chi connectivity index (χ3v) is 2.84. The minimum absolute atomic E-state index is 0.213. The Morgan fingerprint density at radius 1 is 1.50 bits per heavy atom. The molecule has 1 saturated heterocycles. The van der Waals surface area contributed by atoms with Crippen LogP contribution in [0, 0.1) is 0 Å². The van der Waals surface area contributed by atoms with E-state index in [9.17, 15) is 0 Å². The van der Waals surface area contributed by atoms with Crippen molar-refractivity contribution in [3.8, 4) is 5.75 Å². The van der Waals surface area contributed by atoms with Gasteiger partial charge in [0.2, 0.25) is 0 Å². The van der Waals surface area contributed by atoms with E-state index in [1.165, 1.54) is 19.3 Å². The van der Waals surface area contributed by atoms with Crippen LogP contribution in [0.1, 0.15) is 39.2 Å². The van der Waals surface area contributed by atoms with Gasteiger partial charge in [-0.2, -0.15) is 5.10 Å². The van der Waals surface area contributed by atoms with Gasteiger partial charge in [-0.1, -0.05) is 6.42 Å². The number of rotatable bonds is 3. The first kappa shape index (κ1) is 11.5. The lowest BCUT2D eigenvalue weighted by Crippen LogP contribution is -2.23. The number of nitrogens with one attached hydrogen (secondary N) is 1. The summed E-state index contributed by atoms with van der Waals surface area (Å²) in [6.45, 7) is 6.21. The van der Waals surface area contributed by atoms with Gasteiger partial charge >= 0.3 is 0 Å². The Hall–Kier alpha value is -1.03. The Morgan fingerprint density at radius 2 is 2.38 bits per heavy atom. The minimum atomic E-state index is 0.213. The van der Waals surface area contributed by atoms with Crippen LogP contribution in [0.5, 0.6) is 5.75 Å². The third kappa shape index (κ3) is 2.98. The average Bonchev–Trinajstić information content (AvgIpc) is 2.53. The van der Waals surface area contributed by atoms with Crippen molar-refractivity contribution >= 4 is 0 Å². The molecule has 0 aromatic carbocycles. The minimum Gasteiger partial charge on any atom is -0.488 e. The van der Waals surface area contributed by atoms with E-state index in [4.69, 9.17) is 4.74 Å². The van der Waals surface area contributed by atoms with Crippen molar-refractivity contribution in [2.45, 2.75) is 45.3 Å². The van der Waals surface area contributed by atoms with E-state index in [1.54, 1.807) is 0 Å². The maximum Gasteiger partial charge on any atom is 0.157 e. The van der Waals surface area contributed by atoms with Gasteiger partial charge in [0.25, 0.3) is 0 Å². The summed E-state index contributed by atoms with van der Waals surface area (Å²) in [4.78, 5) is 0. The van der Waals surface area contributed by atoms with Gasteiger partial charge in [0.05, 0.1) is 24.5 Å². The number of aromatic nitrogens is 2. The molecule has 0 bridgehead atoms. The van der Waals surface area contributed by atoms with Crippen LogP contribution < -0.4 is 10.1 Å². The van der Waals surface area contributed by atoms with Crippen LogP contribution in [0.15, 0.2) is 12.4 Å². The van der Waals surface area contributed by atoms with E-state index in [2.05, 4.69) is 10.4 Å². The molecule has 1 aliphatic rings. The standard InChI is InChI=1S/C12H21N3O/c1-10(2)16-12-8-14-15(9-12)11-5-3-4-6-13-7-11/h8-11,13H,3-7H2,1-2H3. The molecule has 1 atom stereocenters. The second kappa shape index (κ2) is 5.34. The Bertz CT molecular complexity index is 314. The molecule has 2 rings (SSSR count). The molecule has 1 fully saturated rings. The average molecular weight is 223 g/mol. The largest absolute Gasteiger partial charge is 0.488 e. The maximum absolute atomic E-state index is 5.61. The predicted octanol–water partition coefficient (Wildman–Crippen LogP) is 1.98. The van der Waals surface area contributed by atoms with Gasteiger partial charge in [-0.15, -0.1) is 0 Å². The van der Waals surface area contributed by atoms with E-state index in [0.717, 1.165) is 18.8 Å². The molecule has 4 heteroatoms. The zero-order valence-corrected chi connectivity index (χ0v) is 10.1. The molecule has 2 heterocycles. The number of hydrogen-bond acceptors (Lipinski definition) is 3. The molecule has 1 aliphatic heterocycles. The summed E-state index contributed by atoms with van der Waals surface area (Å²) in [6, 6.07) is 0.479. The fourth-order valence-electron chi connectivity index (χ4n) is 2.08. The van der Waals surface area contributed by atoms with Crippen LogP contribution >= 0.6 is 0 Å². The topological polar surface area (TPSA) is 39.1 Å². The first-order valence-electron chi connectivity index (χ1n) is 6.17. The van der Waals surface area contributed by atoms with Crippen LogP contribution in [-0.2, 0) is 0 Å². The van der Waals surface area contributed by atoms with Gasteiger partial charge in [-0.3, -0.25) is 4.68 Å². The second-order valence-electron chi connectivity index (χ2n) is 4.68. The molecule has 0 aliphatic carbocycles. The van der Waals surface area contributed by atoms with E-state index in [0.29, 0.717) is 6.04 Å². The molecular formula is C12H21N3O. The summed E-state index contributed by atoms with van der Waals surface area (Å²) >= 11 is 0. The van der Waals surface area contributed by atoms with Crippen molar-refractivity contribution in [2.24, 2.45) is 0 Å². The Morgan fingerprint density at radius 3 is 3.19 bits per heavy atom. The monoisotopic (exact) mass is 223 g/mol. The summed E-state index contributed by atoms with van der Waals surface area (Å²) in [7, 11) is 0. The number of nitrogens with zero attached hydrogens (tertiary/aromatic N) is 2. The SMILES string of the molecule is CC(C)Oc1cnn(C2CCCCNC2)c1. The number of ether oxygens (including phenoxy) is 1. The molecule has 1 aromatic heterocycles. The quantitative estimate of drug-likeness (QED) is 0.851. The molecule has 0 saturated carbocycles. The van der Waals surface area contributed by atoms with Crippen LogP contribution in [-0.4, -0.2) is 29.0 Å². The van der Waals surface area contributed by atoms with Gasteiger partial charge in [0.1, 0.15) is 0 Å². The molecule has 0 spiro atoms. The Labute approximate surface area is 97.0 Å².